The van der Waals surface area contributed by atoms with Crippen LogP contribution in [0.25, 0.3) is 0 Å². The van der Waals surface area contributed by atoms with Crippen molar-refractivity contribution in [1.29, 1.82) is 0 Å². The Bertz CT molecular complexity index is 675. The van der Waals surface area contributed by atoms with Crippen molar-refractivity contribution in [2.24, 2.45) is 4.99 Å². The third-order valence-corrected chi connectivity index (χ3v) is 5.66. The summed E-state index contributed by atoms with van der Waals surface area (Å²) in [7, 11) is 0. The van der Waals surface area contributed by atoms with Gasteiger partial charge in [0.1, 0.15) is 11.9 Å². The van der Waals surface area contributed by atoms with Gasteiger partial charge in [0.05, 0.1) is 25.9 Å². The Morgan fingerprint density at radius 2 is 2.06 bits per heavy atom. The van der Waals surface area contributed by atoms with Gasteiger partial charge in [0.25, 0.3) is 0 Å². The fraction of sp³-hybridized carbons (Fsp3) is 0.696. The summed E-state index contributed by atoms with van der Waals surface area (Å²) in [6.07, 6.45) is 3.81. The molecule has 2 aliphatic rings. The first-order valence-corrected chi connectivity index (χ1v) is 11.4. The summed E-state index contributed by atoms with van der Waals surface area (Å²) < 4.78 is 11.6. The zero-order chi connectivity index (χ0) is 21.2. The zero-order valence-corrected chi connectivity index (χ0v) is 21.3. The third-order valence-electron chi connectivity index (χ3n) is 5.66. The molecule has 176 valence electrons. The molecule has 0 bridgehead atoms. The lowest BCUT2D eigenvalue weighted by molar-refractivity contribution is 0.0823. The van der Waals surface area contributed by atoms with Gasteiger partial charge in [-0.15, -0.1) is 24.0 Å². The van der Waals surface area contributed by atoms with Crippen LogP contribution in [0.1, 0.15) is 43.7 Å². The van der Waals surface area contributed by atoms with E-state index < -0.39 is 0 Å². The molecule has 3 N–H and O–H groups in total. The molecular weight excluding hydrogens is 507 g/mol. The summed E-state index contributed by atoms with van der Waals surface area (Å²) in [5.41, 5.74) is 2.28. The number of aliphatic hydroxyl groups is 1. The maximum Gasteiger partial charge on any atom is 0.191 e. The number of likely N-dealkylation sites (tertiary alicyclic amines) is 1. The van der Waals surface area contributed by atoms with Gasteiger partial charge in [0, 0.05) is 38.2 Å². The van der Waals surface area contributed by atoms with E-state index in [4.69, 9.17) is 14.5 Å². The molecule has 7 nitrogen and oxygen atoms in total. The van der Waals surface area contributed by atoms with E-state index in [1.807, 2.05) is 0 Å². The second kappa shape index (κ2) is 14.1. The predicted octanol–water partition coefficient (Wildman–Crippen LogP) is 2.68. The minimum absolute atomic E-state index is 0. The number of rotatable bonds is 9. The molecule has 31 heavy (non-hydrogen) atoms. The molecule has 0 aliphatic carbocycles. The lowest BCUT2D eigenvalue weighted by Gasteiger charge is -2.29. The Hall–Kier alpha value is -1.10. The van der Waals surface area contributed by atoms with Gasteiger partial charge in [-0.1, -0.05) is 12.1 Å². The first-order valence-electron chi connectivity index (χ1n) is 11.4. The minimum atomic E-state index is -0.108. The first kappa shape index (κ1) is 26.2. The van der Waals surface area contributed by atoms with Gasteiger partial charge in [-0.25, -0.2) is 4.99 Å². The van der Waals surface area contributed by atoms with Crippen molar-refractivity contribution >= 4 is 29.9 Å². The first-order chi connectivity index (χ1) is 14.6. The van der Waals surface area contributed by atoms with Crippen LogP contribution in [0.15, 0.2) is 23.2 Å². The quantitative estimate of drug-likeness (QED) is 0.192. The topological polar surface area (TPSA) is 78.4 Å². The van der Waals surface area contributed by atoms with Gasteiger partial charge < -0.3 is 30.1 Å². The molecular formula is C23H39IN4O3. The van der Waals surface area contributed by atoms with Crippen LogP contribution < -0.4 is 15.4 Å². The van der Waals surface area contributed by atoms with Crippen molar-refractivity contribution in [3.05, 3.63) is 29.3 Å². The maximum absolute atomic E-state index is 9.62. The summed E-state index contributed by atoms with van der Waals surface area (Å²) in [5.74, 6) is 1.75. The van der Waals surface area contributed by atoms with Gasteiger partial charge in [-0.05, 0) is 51.3 Å². The van der Waals surface area contributed by atoms with Crippen LogP contribution in [0.3, 0.4) is 0 Å². The maximum atomic E-state index is 9.62. The fourth-order valence-corrected chi connectivity index (χ4v) is 3.85. The van der Waals surface area contributed by atoms with E-state index in [-0.39, 0.29) is 36.2 Å². The van der Waals surface area contributed by atoms with E-state index in [0.717, 1.165) is 82.3 Å². The van der Waals surface area contributed by atoms with Crippen LogP contribution in [-0.4, -0.2) is 74.1 Å². The van der Waals surface area contributed by atoms with Gasteiger partial charge >= 0.3 is 0 Å². The lowest BCUT2D eigenvalue weighted by atomic mass is 10.1. The Balaban J connectivity index is 0.00000341. The molecule has 0 saturated carbocycles. The van der Waals surface area contributed by atoms with E-state index >= 15 is 0 Å². The second-order valence-corrected chi connectivity index (χ2v) is 8.26. The number of aliphatic hydroxyl groups excluding tert-OH is 1. The number of benzene rings is 1. The summed E-state index contributed by atoms with van der Waals surface area (Å²) in [5, 5.41) is 16.4. The molecule has 8 heteroatoms. The highest BCUT2D eigenvalue weighted by molar-refractivity contribution is 14.0. The van der Waals surface area contributed by atoms with Gasteiger partial charge in [-0.2, -0.15) is 0 Å². The highest BCUT2D eigenvalue weighted by atomic mass is 127. The Morgan fingerprint density at radius 3 is 2.77 bits per heavy atom. The highest BCUT2D eigenvalue weighted by Crippen LogP contribution is 2.24. The smallest absolute Gasteiger partial charge is 0.191 e. The monoisotopic (exact) mass is 546 g/mol. The molecule has 3 rings (SSSR count). The molecule has 1 aromatic carbocycles. The molecule has 0 aromatic heterocycles. The second-order valence-electron chi connectivity index (χ2n) is 8.26. The number of ether oxygens (including phenoxy) is 2. The normalized spacial score (nSPS) is 20.4. The lowest BCUT2D eigenvalue weighted by Crippen LogP contribution is -2.40. The van der Waals surface area contributed by atoms with Crippen LogP contribution in [0.5, 0.6) is 5.75 Å². The summed E-state index contributed by atoms with van der Waals surface area (Å²) >= 11 is 0. The third kappa shape index (κ3) is 9.11. The van der Waals surface area contributed by atoms with Crippen molar-refractivity contribution in [3.63, 3.8) is 0 Å². The number of nitrogens with zero attached hydrogens (tertiary/aromatic N) is 2. The predicted molar refractivity (Wildman–Crippen MR) is 136 cm³/mol. The Morgan fingerprint density at radius 1 is 1.26 bits per heavy atom. The number of aliphatic imine (C=N–C) groups is 1. The van der Waals surface area contributed by atoms with E-state index in [2.05, 4.69) is 47.6 Å². The number of piperidine rings is 1. The zero-order valence-electron chi connectivity index (χ0n) is 18.9. The van der Waals surface area contributed by atoms with Gasteiger partial charge in [0.2, 0.25) is 0 Å². The fourth-order valence-electron chi connectivity index (χ4n) is 3.85. The van der Waals surface area contributed by atoms with Crippen molar-refractivity contribution in [1.82, 2.24) is 15.5 Å². The standard InChI is InChI=1S/C23H38N4O3.HI/c1-3-24-23(25-10-4-11-27-12-7-20(28)8-13-27)26-16-19-6-5-18(2)15-22(19)30-21-9-14-29-17-21;/h5-6,15,20-21,28H,3-4,7-14,16-17H2,1-2H3,(H2,24,25,26);1H. The molecule has 1 aromatic rings. The Kier molecular flexibility index (Phi) is 11.9. The average molecular weight is 546 g/mol. The summed E-state index contributed by atoms with van der Waals surface area (Å²) in [6.45, 7) is 10.9. The molecule has 1 atom stereocenters. The van der Waals surface area contributed by atoms with Crippen molar-refractivity contribution in [2.45, 2.75) is 58.3 Å². The van der Waals surface area contributed by atoms with Crippen LogP contribution in [0.2, 0.25) is 0 Å². The van der Waals surface area contributed by atoms with Crippen LogP contribution in [0.4, 0.5) is 0 Å². The minimum Gasteiger partial charge on any atom is -0.488 e. The molecule has 2 fully saturated rings. The van der Waals surface area contributed by atoms with E-state index in [1.165, 1.54) is 5.56 Å². The van der Waals surface area contributed by atoms with Crippen LogP contribution in [0, 0.1) is 6.92 Å². The largest absolute Gasteiger partial charge is 0.488 e. The van der Waals surface area contributed by atoms with E-state index in [1.54, 1.807) is 0 Å². The molecule has 0 radical (unpaired) electrons. The van der Waals surface area contributed by atoms with Crippen molar-refractivity contribution in [3.8, 4) is 5.75 Å². The SMILES string of the molecule is CCNC(=NCc1ccc(C)cc1OC1CCOC1)NCCCN1CCC(O)CC1.I. The van der Waals surface area contributed by atoms with Crippen molar-refractivity contribution in [2.75, 3.05) is 45.9 Å². The molecule has 0 amide bonds. The molecule has 2 saturated heterocycles. The molecule has 2 heterocycles. The van der Waals surface area contributed by atoms with Crippen molar-refractivity contribution < 1.29 is 14.6 Å². The number of guanidine groups is 1. The number of nitrogens with one attached hydrogen (secondary N) is 2. The highest BCUT2D eigenvalue weighted by Gasteiger charge is 2.19. The molecule has 1 unspecified atom stereocenters. The molecule has 0 spiro atoms. The van der Waals surface area contributed by atoms with E-state index in [0.29, 0.717) is 13.2 Å². The van der Waals surface area contributed by atoms with Gasteiger partial charge in [-0.3, -0.25) is 0 Å². The van der Waals surface area contributed by atoms with Gasteiger partial charge in [0.15, 0.2) is 5.96 Å². The van der Waals surface area contributed by atoms with E-state index in [9.17, 15) is 5.11 Å². The van der Waals surface area contributed by atoms with Crippen LogP contribution in [-0.2, 0) is 11.3 Å². The number of halogens is 1. The van der Waals surface area contributed by atoms with Crippen LogP contribution >= 0.6 is 24.0 Å². The number of aryl methyl sites for hydroxylation is 1. The Labute approximate surface area is 204 Å². The molecule has 2 aliphatic heterocycles. The average Bonchev–Trinajstić information content (AvgIpc) is 3.25. The summed E-state index contributed by atoms with van der Waals surface area (Å²) in [4.78, 5) is 7.21. The summed E-state index contributed by atoms with van der Waals surface area (Å²) in [6, 6.07) is 6.32. The number of hydrogen-bond donors (Lipinski definition) is 3. The number of hydrogen-bond acceptors (Lipinski definition) is 5.